The van der Waals surface area contributed by atoms with Gasteiger partial charge in [0.05, 0.1) is 50.3 Å². The quantitative estimate of drug-likeness (QED) is 0.0756. The van der Waals surface area contributed by atoms with Crippen LogP contribution in [-0.2, 0) is 61.9 Å². The van der Waals surface area contributed by atoms with Crippen molar-refractivity contribution in [1.82, 2.24) is 9.80 Å². The Morgan fingerprint density at radius 3 is 2.31 bits per heavy atom. The summed E-state index contributed by atoms with van der Waals surface area (Å²) in [6.45, 7) is 19.8. The van der Waals surface area contributed by atoms with Crippen LogP contribution in [-0.4, -0.2) is 184 Å². The number of allylic oxidation sites excluding steroid dienone is 6. The highest BCUT2D eigenvalue weighted by Crippen LogP contribution is 2.38. The van der Waals surface area contributed by atoms with Crippen molar-refractivity contribution in [3.8, 4) is 0 Å². The van der Waals surface area contributed by atoms with E-state index >= 15 is 0 Å². The second-order valence-electron chi connectivity index (χ2n) is 23.4. The number of morpholine rings is 1. The van der Waals surface area contributed by atoms with Crippen LogP contribution in [0, 0.1) is 35.5 Å². The van der Waals surface area contributed by atoms with Gasteiger partial charge in [0.2, 0.25) is 5.79 Å². The van der Waals surface area contributed by atoms with Gasteiger partial charge in [0.1, 0.15) is 30.1 Å². The molecule has 4 aliphatic heterocycles. The third kappa shape index (κ3) is 18.8. The maximum Gasteiger partial charge on any atom is 0.329 e. The van der Waals surface area contributed by atoms with E-state index in [1.807, 2.05) is 58.1 Å². The Hall–Kier alpha value is -3.49. The van der Waals surface area contributed by atoms with Crippen LogP contribution in [0.2, 0.25) is 0 Å². The Balaban J connectivity index is 1.41. The molecule has 0 spiro atoms. The average Bonchev–Trinajstić information content (AvgIpc) is 3.44. The molecular weight excluding hydrogens is 1000 g/mol. The SMILES string of the molecule is COCCO[C@H]1C[C@@H]2CC[C@@H](C)[C@@](O)(O2)C(=O)C(=O)N2CCCCC2C(=O)O[C@H]([C@H](C)C[C@@H]2CC[C@@H](OCCCN3CCO[C@H](C)C3)[C@H](OC)C2)CC(=O)[C@H](C)/C=C(\C)[C@@H](O)[C@@H](OC)C(=O)[C@H](C)C[C@H](C)/C=C/C=C/C=C/1C. The fourth-order valence-corrected chi connectivity index (χ4v) is 12.1. The van der Waals surface area contributed by atoms with Gasteiger partial charge in [-0.3, -0.25) is 24.1 Å². The van der Waals surface area contributed by atoms with Gasteiger partial charge in [0.15, 0.2) is 5.78 Å². The highest BCUT2D eigenvalue weighted by molar-refractivity contribution is 6.39. The molecule has 4 heterocycles. The third-order valence-corrected chi connectivity index (χ3v) is 17.1. The first-order valence-electron chi connectivity index (χ1n) is 29.2. The number of fused-ring (bicyclic) bond motifs is 3. The lowest BCUT2D eigenvalue weighted by atomic mass is 9.78. The normalized spacial score (nSPS) is 38.1. The Bertz CT molecular complexity index is 2060. The number of carbonyl (C=O) groups is 5. The minimum absolute atomic E-state index is 0.00343. The van der Waals surface area contributed by atoms with Crippen LogP contribution in [0.1, 0.15) is 139 Å². The van der Waals surface area contributed by atoms with Gasteiger partial charge in [-0.1, -0.05) is 71.1 Å². The number of esters is 1. The molecule has 16 atom stereocenters. The summed E-state index contributed by atoms with van der Waals surface area (Å²) in [4.78, 5) is 75.6. The molecule has 1 unspecified atom stereocenters. The number of amides is 1. The van der Waals surface area contributed by atoms with Crippen LogP contribution in [0.3, 0.4) is 0 Å². The molecule has 0 aromatic rings. The van der Waals surface area contributed by atoms with Gasteiger partial charge in [-0.05, 0) is 120 Å². The minimum Gasteiger partial charge on any atom is -0.460 e. The number of nitrogens with zero attached hydrogens (tertiary/aromatic N) is 2. The Kier molecular flexibility index (Phi) is 27.0. The van der Waals surface area contributed by atoms with E-state index in [-0.39, 0.29) is 80.0 Å². The molecule has 1 aliphatic carbocycles. The van der Waals surface area contributed by atoms with Gasteiger partial charge in [0.25, 0.3) is 11.7 Å². The van der Waals surface area contributed by atoms with Gasteiger partial charge in [-0.25, -0.2) is 4.79 Å². The zero-order valence-electron chi connectivity index (χ0n) is 49.1. The van der Waals surface area contributed by atoms with Crippen molar-refractivity contribution in [3.63, 3.8) is 0 Å². The summed E-state index contributed by atoms with van der Waals surface area (Å²) in [6, 6.07) is -1.15. The van der Waals surface area contributed by atoms with Crippen molar-refractivity contribution in [2.45, 2.75) is 200 Å². The first kappa shape index (κ1) is 65.3. The lowest BCUT2D eigenvalue weighted by molar-refractivity contribution is -0.266. The molecule has 442 valence electrons. The number of Topliss-reactive ketones (excluding diaryl/α,β-unsaturated/α-hetero) is 3. The molecule has 1 amide bonds. The summed E-state index contributed by atoms with van der Waals surface area (Å²) in [5.41, 5.74) is 1.26. The van der Waals surface area contributed by atoms with E-state index in [2.05, 4.69) is 11.8 Å². The second-order valence-corrected chi connectivity index (χ2v) is 23.4. The molecule has 4 fully saturated rings. The third-order valence-electron chi connectivity index (χ3n) is 17.1. The van der Waals surface area contributed by atoms with Gasteiger partial charge in [-0.15, -0.1) is 0 Å². The second kappa shape index (κ2) is 32.2. The zero-order valence-corrected chi connectivity index (χ0v) is 49.1. The van der Waals surface area contributed by atoms with Crippen molar-refractivity contribution < 1.29 is 72.1 Å². The number of ether oxygens (including phenoxy) is 8. The van der Waals surface area contributed by atoms with Gasteiger partial charge >= 0.3 is 5.97 Å². The number of carbonyl (C=O) groups excluding carboxylic acids is 5. The number of ketones is 3. The number of methoxy groups -OCH3 is 3. The Morgan fingerprint density at radius 2 is 1.59 bits per heavy atom. The van der Waals surface area contributed by atoms with E-state index in [0.29, 0.717) is 57.3 Å². The molecule has 0 aromatic carbocycles. The van der Waals surface area contributed by atoms with Crippen LogP contribution >= 0.6 is 0 Å². The van der Waals surface area contributed by atoms with Gasteiger partial charge < -0.3 is 53.0 Å². The smallest absolute Gasteiger partial charge is 0.329 e. The number of cyclic esters (lactones) is 1. The summed E-state index contributed by atoms with van der Waals surface area (Å²) in [5.74, 6) is -7.94. The predicted molar refractivity (Wildman–Crippen MR) is 296 cm³/mol. The molecule has 5 aliphatic rings. The molecule has 1 saturated carbocycles. The Morgan fingerprint density at radius 1 is 0.821 bits per heavy atom. The van der Waals surface area contributed by atoms with E-state index in [1.165, 1.54) is 12.0 Å². The van der Waals surface area contributed by atoms with Crippen molar-refractivity contribution in [1.29, 1.82) is 0 Å². The fourth-order valence-electron chi connectivity index (χ4n) is 12.1. The lowest BCUT2D eigenvalue weighted by Crippen LogP contribution is -2.61. The molecule has 5 rings (SSSR count). The van der Waals surface area contributed by atoms with Crippen LogP contribution < -0.4 is 0 Å². The Labute approximate surface area is 466 Å². The van der Waals surface area contributed by atoms with Crippen LogP contribution in [0.5, 0.6) is 0 Å². The largest absolute Gasteiger partial charge is 0.460 e. The van der Waals surface area contributed by atoms with E-state index in [9.17, 15) is 34.2 Å². The van der Waals surface area contributed by atoms with Crippen molar-refractivity contribution in [3.05, 3.63) is 47.6 Å². The summed E-state index contributed by atoms with van der Waals surface area (Å²) < 4.78 is 48.0. The molecule has 17 nitrogen and oxygen atoms in total. The van der Waals surface area contributed by atoms with E-state index in [4.69, 9.17) is 37.9 Å². The predicted octanol–water partition coefficient (Wildman–Crippen LogP) is 7.33. The number of rotatable bonds is 14. The monoisotopic (exact) mass is 1100 g/mol. The molecule has 78 heavy (non-hydrogen) atoms. The van der Waals surface area contributed by atoms with E-state index in [0.717, 1.165) is 57.5 Å². The molecule has 2 bridgehead atoms. The van der Waals surface area contributed by atoms with Crippen LogP contribution in [0.25, 0.3) is 0 Å². The standard InChI is InChI=1S/C61H98N2O15/c1-39-18-13-12-14-19-40(2)52(76-31-30-71-9)36-48-23-21-45(7)61(70,78-48)58(67)59(68)63-26-16-15-20-49(63)60(69)77-53(37-50(64)41(3)33-44(6)56(66)57(73-11)55(65)43(5)32-39)42(4)34-47-22-24-51(54(35-47)72-10)75-28-17-25-62-27-29-74-46(8)38-62/h12-14,18-19,33,39,41-43,45-49,51-54,56-57,66,70H,15-17,20-32,34-38H2,1-11H3/b14-12+,18-13+,40-19+,44-33+/t39-,41-,42-,43-,45-,46-,47+,48+,49?,51-,52+,53+,54-,56-,57+,61-/m1/s1. The maximum atomic E-state index is 14.7. The first-order valence-corrected chi connectivity index (χ1v) is 29.2. The molecular formula is C61H98N2O15. The number of hydrogen-bond acceptors (Lipinski definition) is 16. The number of aliphatic hydroxyl groups is 2. The minimum atomic E-state index is -2.46. The summed E-state index contributed by atoms with van der Waals surface area (Å²) in [6.07, 6.45) is 13.5. The topological polar surface area (TPSA) is 206 Å². The molecule has 2 N–H and O–H groups in total. The van der Waals surface area contributed by atoms with Gasteiger partial charge in [-0.2, -0.15) is 0 Å². The highest BCUT2D eigenvalue weighted by atomic mass is 16.6. The molecule has 0 radical (unpaired) electrons. The van der Waals surface area contributed by atoms with Gasteiger partial charge in [0, 0.05) is 84.7 Å². The number of aliphatic hydroxyl groups excluding tert-OH is 1. The molecule has 17 heteroatoms. The molecule has 3 saturated heterocycles. The fraction of sp³-hybridized carbons (Fsp3) is 0.787. The van der Waals surface area contributed by atoms with Crippen LogP contribution in [0.4, 0.5) is 0 Å². The van der Waals surface area contributed by atoms with Crippen LogP contribution in [0.15, 0.2) is 47.6 Å². The van der Waals surface area contributed by atoms with Crippen molar-refractivity contribution >= 4 is 29.2 Å². The van der Waals surface area contributed by atoms with Crippen molar-refractivity contribution in [2.75, 3.05) is 73.9 Å². The average molecular weight is 1100 g/mol. The molecule has 0 aromatic heterocycles. The zero-order chi connectivity index (χ0) is 57.1. The maximum absolute atomic E-state index is 14.7. The highest BCUT2D eigenvalue weighted by Gasteiger charge is 2.53. The summed E-state index contributed by atoms with van der Waals surface area (Å²) >= 11 is 0. The number of hydrogen-bond donors (Lipinski definition) is 2. The lowest BCUT2D eigenvalue weighted by Gasteiger charge is -2.43. The number of piperidine rings is 1. The van der Waals surface area contributed by atoms with E-state index in [1.54, 1.807) is 41.1 Å². The van der Waals surface area contributed by atoms with E-state index < -0.39 is 77.8 Å². The summed E-state index contributed by atoms with van der Waals surface area (Å²) in [5, 5.41) is 23.8. The summed E-state index contributed by atoms with van der Waals surface area (Å²) in [7, 11) is 4.68. The first-order chi connectivity index (χ1) is 37.2. The van der Waals surface area contributed by atoms with Crippen molar-refractivity contribution in [2.24, 2.45) is 35.5 Å².